The van der Waals surface area contributed by atoms with E-state index in [4.69, 9.17) is 0 Å². The minimum Gasteiger partial charge on any atom is -0.359 e. The van der Waals surface area contributed by atoms with Crippen molar-refractivity contribution >= 4 is 17.5 Å². The van der Waals surface area contributed by atoms with E-state index in [0.29, 0.717) is 23.0 Å². The Morgan fingerprint density at radius 3 is 2.62 bits per heavy atom. The van der Waals surface area contributed by atoms with Gasteiger partial charge in [-0.2, -0.15) is 0 Å². The molecule has 1 unspecified atom stereocenters. The van der Waals surface area contributed by atoms with E-state index in [0.717, 1.165) is 17.5 Å². The van der Waals surface area contributed by atoms with Crippen molar-refractivity contribution in [2.75, 3.05) is 12.4 Å². The van der Waals surface area contributed by atoms with Gasteiger partial charge in [0.2, 0.25) is 0 Å². The molecule has 1 N–H and O–H groups in total. The number of allylic oxidation sites excluding steroid dienone is 2. The molecule has 4 rings (SSSR count). The summed E-state index contributed by atoms with van der Waals surface area (Å²) in [5.41, 5.74) is 3.21. The van der Waals surface area contributed by atoms with Gasteiger partial charge in [-0.25, -0.2) is 0 Å². The van der Waals surface area contributed by atoms with Crippen molar-refractivity contribution in [2.45, 2.75) is 33.1 Å². The zero-order chi connectivity index (χ0) is 17.0. The number of nitrogens with zero attached hydrogens (tertiary/aromatic N) is 1. The van der Waals surface area contributed by atoms with E-state index in [-0.39, 0.29) is 11.8 Å². The summed E-state index contributed by atoms with van der Waals surface area (Å²) in [7, 11) is 1.53. The third-order valence-electron chi connectivity index (χ3n) is 6.06. The van der Waals surface area contributed by atoms with Crippen LogP contribution in [0.15, 0.2) is 30.0 Å². The number of nitrogens with one attached hydrogen (secondary N) is 1. The van der Waals surface area contributed by atoms with E-state index in [9.17, 15) is 9.59 Å². The predicted molar refractivity (Wildman–Crippen MR) is 93.7 cm³/mol. The molecule has 2 amide bonds. The number of hydrogen-bond donors (Lipinski definition) is 1. The van der Waals surface area contributed by atoms with Gasteiger partial charge in [0, 0.05) is 24.4 Å². The van der Waals surface area contributed by atoms with Gasteiger partial charge in [-0.05, 0) is 48.8 Å². The van der Waals surface area contributed by atoms with Gasteiger partial charge in [-0.1, -0.05) is 26.3 Å². The summed E-state index contributed by atoms with van der Waals surface area (Å²) in [6.45, 7) is 4.65. The van der Waals surface area contributed by atoms with Gasteiger partial charge >= 0.3 is 0 Å². The normalized spacial score (nSPS) is 31.8. The number of hydrogen-bond acceptors (Lipinski definition) is 3. The average Bonchev–Trinajstić information content (AvgIpc) is 2.98. The summed E-state index contributed by atoms with van der Waals surface area (Å²) in [5.74, 6) is 2.29. The van der Waals surface area contributed by atoms with E-state index < -0.39 is 0 Å². The first-order chi connectivity index (χ1) is 11.5. The monoisotopic (exact) mass is 324 g/mol. The molecule has 3 aliphatic rings. The fourth-order valence-electron chi connectivity index (χ4n) is 4.66. The van der Waals surface area contributed by atoms with Crippen molar-refractivity contribution in [1.29, 1.82) is 0 Å². The number of amides is 2. The number of carbonyl (C=O) groups excluding carboxylic acids is 2. The van der Waals surface area contributed by atoms with Crippen LogP contribution in [-0.2, 0) is 0 Å². The standard InChI is InChI=1S/C20H24N2O2/c1-11-4-6-14-12(2)9-18(16(14)8-11)21-13-5-7-15-17(10-13)20(24)22(3)19(15)23/h5,7,9-12,14,16,21H,4,6,8H2,1-3H3/t11-,12?,14+,16-/m1/s1. The molecule has 2 aliphatic carbocycles. The summed E-state index contributed by atoms with van der Waals surface area (Å²) in [4.78, 5) is 25.4. The van der Waals surface area contributed by atoms with E-state index in [1.54, 1.807) is 6.07 Å². The molecule has 24 heavy (non-hydrogen) atoms. The number of rotatable bonds is 2. The maximum atomic E-state index is 12.2. The molecule has 1 aromatic carbocycles. The lowest BCUT2D eigenvalue weighted by Gasteiger charge is -2.34. The molecule has 126 valence electrons. The quantitative estimate of drug-likeness (QED) is 0.839. The molecule has 1 fully saturated rings. The van der Waals surface area contributed by atoms with E-state index in [2.05, 4.69) is 25.2 Å². The van der Waals surface area contributed by atoms with Crippen LogP contribution in [0, 0.1) is 23.7 Å². The molecule has 0 spiro atoms. The van der Waals surface area contributed by atoms with Gasteiger partial charge in [-0.3, -0.25) is 14.5 Å². The first kappa shape index (κ1) is 15.4. The molecule has 1 saturated carbocycles. The fourth-order valence-corrected chi connectivity index (χ4v) is 4.66. The van der Waals surface area contributed by atoms with Crippen LogP contribution in [0.1, 0.15) is 53.8 Å². The highest BCUT2D eigenvalue weighted by atomic mass is 16.2. The molecule has 0 radical (unpaired) electrons. The lowest BCUT2D eigenvalue weighted by molar-refractivity contribution is 0.0693. The van der Waals surface area contributed by atoms with E-state index in [1.807, 2.05) is 12.1 Å². The molecule has 0 bridgehead atoms. The third kappa shape index (κ3) is 2.27. The van der Waals surface area contributed by atoms with E-state index >= 15 is 0 Å². The minimum absolute atomic E-state index is 0.211. The van der Waals surface area contributed by atoms with Crippen LogP contribution in [0.25, 0.3) is 0 Å². The Balaban J connectivity index is 1.59. The SMILES string of the molecule is CC1C=C(Nc2ccc3c(c2)C(=O)N(C)C3=O)[C@@H]2C[C@H](C)CC[C@@H]12. The van der Waals surface area contributed by atoms with Gasteiger partial charge in [0.25, 0.3) is 11.8 Å². The lowest BCUT2D eigenvalue weighted by atomic mass is 9.73. The molecular formula is C20H24N2O2. The smallest absolute Gasteiger partial charge is 0.261 e. The Morgan fingerprint density at radius 2 is 1.83 bits per heavy atom. The Kier molecular flexibility index (Phi) is 3.52. The van der Waals surface area contributed by atoms with Gasteiger partial charge < -0.3 is 5.32 Å². The number of imide groups is 1. The van der Waals surface area contributed by atoms with Crippen LogP contribution in [-0.4, -0.2) is 23.8 Å². The van der Waals surface area contributed by atoms with Crippen molar-refractivity contribution in [3.05, 3.63) is 41.1 Å². The van der Waals surface area contributed by atoms with Crippen LogP contribution in [0.5, 0.6) is 0 Å². The Labute approximate surface area is 142 Å². The molecule has 1 aromatic rings. The van der Waals surface area contributed by atoms with Crippen molar-refractivity contribution in [2.24, 2.45) is 23.7 Å². The first-order valence-corrected chi connectivity index (χ1v) is 8.91. The number of carbonyl (C=O) groups is 2. The van der Waals surface area contributed by atoms with Crippen LogP contribution >= 0.6 is 0 Å². The maximum Gasteiger partial charge on any atom is 0.261 e. The minimum atomic E-state index is -0.212. The van der Waals surface area contributed by atoms with Crippen LogP contribution in [0.2, 0.25) is 0 Å². The molecule has 4 heteroatoms. The molecule has 1 aliphatic heterocycles. The summed E-state index contributed by atoms with van der Waals surface area (Å²) < 4.78 is 0. The Bertz CT molecular complexity index is 752. The molecule has 4 atom stereocenters. The van der Waals surface area contributed by atoms with Gasteiger partial charge in [-0.15, -0.1) is 0 Å². The first-order valence-electron chi connectivity index (χ1n) is 8.91. The van der Waals surface area contributed by atoms with Crippen LogP contribution in [0.3, 0.4) is 0 Å². The second-order valence-corrected chi connectivity index (χ2v) is 7.72. The third-order valence-corrected chi connectivity index (χ3v) is 6.06. The predicted octanol–water partition coefficient (Wildman–Crippen LogP) is 3.91. The second-order valence-electron chi connectivity index (χ2n) is 7.72. The zero-order valence-corrected chi connectivity index (χ0v) is 14.5. The summed E-state index contributed by atoms with van der Waals surface area (Å²) >= 11 is 0. The maximum absolute atomic E-state index is 12.2. The summed E-state index contributed by atoms with van der Waals surface area (Å²) in [6, 6.07) is 5.50. The van der Waals surface area contributed by atoms with Crippen molar-refractivity contribution in [3.63, 3.8) is 0 Å². The highest BCUT2D eigenvalue weighted by Gasteiger charge is 2.39. The zero-order valence-electron chi connectivity index (χ0n) is 14.5. The van der Waals surface area contributed by atoms with E-state index in [1.165, 1.54) is 36.9 Å². The summed E-state index contributed by atoms with van der Waals surface area (Å²) in [6.07, 6.45) is 6.23. The average molecular weight is 324 g/mol. The van der Waals surface area contributed by atoms with Crippen LogP contribution < -0.4 is 5.32 Å². The van der Waals surface area contributed by atoms with Gasteiger partial charge in [0.05, 0.1) is 11.1 Å². The molecule has 0 aromatic heterocycles. The second kappa shape index (κ2) is 5.47. The number of anilines is 1. The topological polar surface area (TPSA) is 49.4 Å². The highest BCUT2D eigenvalue weighted by molar-refractivity contribution is 6.21. The number of fused-ring (bicyclic) bond motifs is 2. The Morgan fingerprint density at radius 1 is 1.08 bits per heavy atom. The highest BCUT2D eigenvalue weighted by Crippen LogP contribution is 2.47. The van der Waals surface area contributed by atoms with Gasteiger partial charge in [0.15, 0.2) is 0 Å². The van der Waals surface area contributed by atoms with Crippen molar-refractivity contribution < 1.29 is 9.59 Å². The molecule has 1 heterocycles. The molecular weight excluding hydrogens is 300 g/mol. The number of benzene rings is 1. The summed E-state index contributed by atoms with van der Waals surface area (Å²) in [5, 5.41) is 3.55. The molecule has 4 nitrogen and oxygen atoms in total. The Hall–Kier alpha value is -2.10. The fraction of sp³-hybridized carbons (Fsp3) is 0.500. The lowest BCUT2D eigenvalue weighted by Crippen LogP contribution is -2.26. The largest absolute Gasteiger partial charge is 0.359 e. The van der Waals surface area contributed by atoms with Crippen molar-refractivity contribution in [3.8, 4) is 0 Å². The molecule has 0 saturated heterocycles. The van der Waals surface area contributed by atoms with Crippen LogP contribution in [0.4, 0.5) is 5.69 Å². The van der Waals surface area contributed by atoms with Gasteiger partial charge in [0.1, 0.15) is 0 Å². The van der Waals surface area contributed by atoms with Crippen molar-refractivity contribution in [1.82, 2.24) is 4.90 Å².